The van der Waals surface area contributed by atoms with Crippen LogP contribution in [0, 0.1) is 0 Å². The van der Waals surface area contributed by atoms with Crippen LogP contribution >= 0.6 is 0 Å². The summed E-state index contributed by atoms with van der Waals surface area (Å²) in [7, 11) is 1.73. The van der Waals surface area contributed by atoms with Gasteiger partial charge in [-0.25, -0.2) is 4.98 Å². The molecule has 1 amide bonds. The second-order valence-corrected chi connectivity index (χ2v) is 10.0. The lowest BCUT2D eigenvalue weighted by molar-refractivity contribution is -0.162. The number of halogens is 3. The van der Waals surface area contributed by atoms with Crippen LogP contribution in [-0.4, -0.2) is 60.1 Å². The third-order valence-corrected chi connectivity index (χ3v) is 7.35. The highest BCUT2D eigenvalue weighted by molar-refractivity contribution is 5.89. The van der Waals surface area contributed by atoms with Gasteiger partial charge in [0.2, 0.25) is 5.91 Å². The molecule has 1 atom stereocenters. The molecule has 1 unspecified atom stereocenters. The molecule has 0 saturated carbocycles. The van der Waals surface area contributed by atoms with E-state index in [1.165, 1.54) is 40.1 Å². The van der Waals surface area contributed by atoms with Gasteiger partial charge in [-0.1, -0.05) is 60.7 Å². The van der Waals surface area contributed by atoms with Crippen LogP contribution in [0.5, 0.6) is 0 Å². The van der Waals surface area contributed by atoms with E-state index in [1.54, 1.807) is 17.8 Å². The van der Waals surface area contributed by atoms with Crippen molar-refractivity contribution in [2.24, 2.45) is 7.05 Å². The van der Waals surface area contributed by atoms with Crippen molar-refractivity contribution in [2.45, 2.75) is 43.5 Å². The zero-order valence-corrected chi connectivity index (χ0v) is 21.3. The third-order valence-electron chi connectivity index (χ3n) is 7.35. The first-order valence-electron chi connectivity index (χ1n) is 12.7. The highest BCUT2D eigenvalue weighted by atomic mass is 19.4. The Kier molecular flexibility index (Phi) is 7.02. The molecule has 11 heteroatoms. The lowest BCUT2D eigenvalue weighted by Crippen LogP contribution is -2.50. The predicted octanol–water partition coefficient (Wildman–Crippen LogP) is 3.89. The Labute approximate surface area is 222 Å². The van der Waals surface area contributed by atoms with Gasteiger partial charge in [-0.05, 0) is 18.4 Å². The standard InChI is InChI=1S/C28H28F3N5O3/c1-34-25(20-10-6-3-7-11-20)23-24(33-34)26(38)36(18-32-23)17-27(39)12-14-35(15-13-27)22(37)16-21(28(29,30)31)19-8-4-2-5-9-19/h2-11,18,21,39H,12-17H2,1H3. The second-order valence-electron chi connectivity index (χ2n) is 10.0. The summed E-state index contributed by atoms with van der Waals surface area (Å²) in [4.78, 5) is 31.9. The van der Waals surface area contributed by atoms with Crippen molar-refractivity contribution in [2.75, 3.05) is 13.1 Å². The number of carbonyl (C=O) groups excluding carboxylic acids is 1. The fourth-order valence-electron chi connectivity index (χ4n) is 5.19. The summed E-state index contributed by atoms with van der Waals surface area (Å²) >= 11 is 0. The average molecular weight is 540 g/mol. The summed E-state index contributed by atoms with van der Waals surface area (Å²) in [6, 6.07) is 16.8. The minimum absolute atomic E-state index is 0.0408. The zero-order valence-electron chi connectivity index (χ0n) is 21.3. The van der Waals surface area contributed by atoms with E-state index in [1.807, 2.05) is 30.3 Å². The Morgan fingerprint density at radius 3 is 2.26 bits per heavy atom. The molecular formula is C28H28F3N5O3. The van der Waals surface area contributed by atoms with Gasteiger partial charge in [0.1, 0.15) is 5.52 Å². The minimum atomic E-state index is -4.56. The Morgan fingerprint density at radius 2 is 1.64 bits per heavy atom. The van der Waals surface area contributed by atoms with Gasteiger partial charge in [0, 0.05) is 32.1 Å². The molecule has 1 aliphatic heterocycles. The van der Waals surface area contributed by atoms with E-state index in [2.05, 4.69) is 10.1 Å². The number of nitrogens with zero attached hydrogens (tertiary/aromatic N) is 5. The molecule has 8 nitrogen and oxygen atoms in total. The van der Waals surface area contributed by atoms with Crippen LogP contribution in [0.2, 0.25) is 0 Å². The molecule has 0 spiro atoms. The van der Waals surface area contributed by atoms with Crippen LogP contribution in [0.25, 0.3) is 22.3 Å². The number of aryl methyl sites for hydroxylation is 1. The normalized spacial score (nSPS) is 16.4. The minimum Gasteiger partial charge on any atom is -0.388 e. The number of alkyl halides is 3. The topological polar surface area (TPSA) is 93.2 Å². The quantitative estimate of drug-likeness (QED) is 0.402. The number of aromatic nitrogens is 4. The maximum atomic E-state index is 13.7. The molecular weight excluding hydrogens is 511 g/mol. The number of rotatable bonds is 6. The lowest BCUT2D eigenvalue weighted by atomic mass is 9.90. The van der Waals surface area contributed by atoms with Crippen molar-refractivity contribution in [3.63, 3.8) is 0 Å². The first-order valence-corrected chi connectivity index (χ1v) is 12.7. The Bertz CT molecular complexity index is 1530. The largest absolute Gasteiger partial charge is 0.396 e. The van der Waals surface area contributed by atoms with Gasteiger partial charge in [0.15, 0.2) is 5.52 Å². The smallest absolute Gasteiger partial charge is 0.388 e. The van der Waals surface area contributed by atoms with Crippen LogP contribution in [-0.2, 0) is 18.4 Å². The number of benzene rings is 2. The molecule has 1 fully saturated rings. The van der Waals surface area contributed by atoms with Crippen LogP contribution in [0.4, 0.5) is 13.2 Å². The van der Waals surface area contributed by atoms with Gasteiger partial charge in [-0.3, -0.25) is 18.8 Å². The highest BCUT2D eigenvalue weighted by Gasteiger charge is 2.43. The van der Waals surface area contributed by atoms with Crippen molar-refractivity contribution < 1.29 is 23.1 Å². The molecule has 204 valence electrons. The molecule has 39 heavy (non-hydrogen) atoms. The highest BCUT2D eigenvalue weighted by Crippen LogP contribution is 2.38. The van der Waals surface area contributed by atoms with Crippen LogP contribution in [0.1, 0.15) is 30.7 Å². The fraction of sp³-hybridized carbons (Fsp3) is 0.357. The molecule has 2 aromatic heterocycles. The second kappa shape index (κ2) is 10.3. The SMILES string of the molecule is Cn1nc2c(=O)n(CC3(O)CCN(C(=O)CC(c4ccccc4)C(F)(F)F)CC3)cnc2c1-c1ccccc1. The zero-order chi connectivity index (χ0) is 27.8. The van der Waals surface area contributed by atoms with E-state index in [-0.39, 0.29) is 43.6 Å². The van der Waals surface area contributed by atoms with E-state index in [0.717, 1.165) is 5.56 Å². The summed E-state index contributed by atoms with van der Waals surface area (Å²) in [6.07, 6.45) is -3.66. The molecule has 1 N–H and O–H groups in total. The Balaban J connectivity index is 1.28. The molecule has 2 aromatic carbocycles. The fourth-order valence-corrected chi connectivity index (χ4v) is 5.19. The van der Waals surface area contributed by atoms with E-state index in [4.69, 9.17) is 0 Å². The molecule has 4 aromatic rings. The van der Waals surface area contributed by atoms with E-state index in [9.17, 15) is 27.9 Å². The van der Waals surface area contributed by atoms with Crippen molar-refractivity contribution >= 4 is 16.9 Å². The monoisotopic (exact) mass is 539 g/mol. The number of piperidine rings is 1. The van der Waals surface area contributed by atoms with Gasteiger partial charge in [0.05, 0.1) is 30.1 Å². The molecule has 1 saturated heterocycles. The molecule has 0 radical (unpaired) electrons. The number of hydrogen-bond acceptors (Lipinski definition) is 5. The number of aliphatic hydroxyl groups is 1. The van der Waals surface area contributed by atoms with Crippen molar-refractivity contribution in [1.82, 2.24) is 24.2 Å². The van der Waals surface area contributed by atoms with Crippen LogP contribution < -0.4 is 5.56 Å². The summed E-state index contributed by atoms with van der Waals surface area (Å²) in [5, 5.41) is 15.6. The van der Waals surface area contributed by atoms with Gasteiger partial charge in [-0.2, -0.15) is 18.3 Å². The first kappa shape index (κ1) is 26.6. The summed E-state index contributed by atoms with van der Waals surface area (Å²) in [6.45, 7) is 0.102. The summed E-state index contributed by atoms with van der Waals surface area (Å²) < 4.78 is 44.0. The Morgan fingerprint density at radius 1 is 1.03 bits per heavy atom. The van der Waals surface area contributed by atoms with Crippen LogP contribution in [0.15, 0.2) is 71.8 Å². The Hall–Kier alpha value is -3.99. The van der Waals surface area contributed by atoms with Crippen molar-refractivity contribution in [3.8, 4) is 11.3 Å². The molecule has 0 bridgehead atoms. The van der Waals surface area contributed by atoms with Crippen molar-refractivity contribution in [3.05, 3.63) is 82.9 Å². The number of hydrogen-bond donors (Lipinski definition) is 1. The van der Waals surface area contributed by atoms with E-state index in [0.29, 0.717) is 11.2 Å². The third kappa shape index (κ3) is 5.44. The number of fused-ring (bicyclic) bond motifs is 1. The first-order chi connectivity index (χ1) is 18.6. The summed E-state index contributed by atoms with van der Waals surface area (Å²) in [5.74, 6) is -2.52. The van der Waals surface area contributed by atoms with Gasteiger partial charge in [-0.15, -0.1) is 0 Å². The lowest BCUT2D eigenvalue weighted by Gasteiger charge is -2.39. The number of likely N-dealkylation sites (tertiary alicyclic amines) is 1. The predicted molar refractivity (Wildman–Crippen MR) is 139 cm³/mol. The van der Waals surface area contributed by atoms with Gasteiger partial charge < -0.3 is 10.0 Å². The molecule has 5 rings (SSSR count). The van der Waals surface area contributed by atoms with Gasteiger partial charge in [0.25, 0.3) is 5.56 Å². The van der Waals surface area contributed by atoms with E-state index < -0.39 is 35.6 Å². The van der Waals surface area contributed by atoms with Crippen LogP contribution in [0.3, 0.4) is 0 Å². The van der Waals surface area contributed by atoms with Crippen molar-refractivity contribution in [1.29, 1.82) is 0 Å². The maximum absolute atomic E-state index is 13.7. The maximum Gasteiger partial charge on any atom is 0.396 e. The summed E-state index contributed by atoms with van der Waals surface area (Å²) in [5.41, 5.74) is 0.510. The number of amides is 1. The van der Waals surface area contributed by atoms with Gasteiger partial charge >= 0.3 is 6.18 Å². The molecule has 1 aliphatic rings. The molecule has 0 aliphatic carbocycles. The average Bonchev–Trinajstić information content (AvgIpc) is 3.26. The number of carbonyl (C=O) groups is 1. The molecule has 3 heterocycles. The van der Waals surface area contributed by atoms with E-state index >= 15 is 0 Å².